The second-order valence-corrected chi connectivity index (χ2v) is 7.31. The van der Waals surface area contributed by atoms with Gasteiger partial charge in [-0.15, -0.1) is 0 Å². The molecule has 0 aliphatic rings. The van der Waals surface area contributed by atoms with Crippen LogP contribution in [0.15, 0.2) is 52.0 Å². The van der Waals surface area contributed by atoms with E-state index < -0.39 is 9.84 Å². The molecule has 0 unspecified atom stereocenters. The van der Waals surface area contributed by atoms with Crippen molar-refractivity contribution in [1.82, 2.24) is 5.32 Å². The number of rotatable bonds is 6. The Balaban J connectivity index is 1.97. The van der Waals surface area contributed by atoms with E-state index in [1.54, 1.807) is 18.4 Å². The first-order valence-electron chi connectivity index (χ1n) is 6.99. The molecule has 0 saturated carbocycles. The molecule has 0 aliphatic carbocycles. The molecule has 2 rings (SSSR count). The maximum Gasteiger partial charge on any atom is 0.251 e. The van der Waals surface area contributed by atoms with E-state index in [1.807, 2.05) is 19.1 Å². The van der Waals surface area contributed by atoms with Gasteiger partial charge in [0.15, 0.2) is 9.84 Å². The van der Waals surface area contributed by atoms with Gasteiger partial charge in [0.2, 0.25) is 0 Å². The molecule has 2 aromatic rings. The zero-order chi connectivity index (χ0) is 16.2. The Kier molecular flexibility index (Phi) is 5.03. The van der Waals surface area contributed by atoms with E-state index in [0.717, 1.165) is 24.9 Å². The molecule has 0 radical (unpaired) electrons. The minimum atomic E-state index is -3.32. The van der Waals surface area contributed by atoms with Gasteiger partial charge in [0.05, 0.1) is 11.2 Å². The summed E-state index contributed by atoms with van der Waals surface area (Å²) in [4.78, 5) is 12.3. The van der Waals surface area contributed by atoms with Crippen molar-refractivity contribution in [3.8, 4) is 0 Å². The summed E-state index contributed by atoms with van der Waals surface area (Å²) in [5.74, 6) is 0.595. The average Bonchev–Trinajstić information content (AvgIpc) is 2.97. The van der Waals surface area contributed by atoms with E-state index in [9.17, 15) is 13.2 Å². The molecule has 0 aliphatic heterocycles. The number of benzene rings is 1. The van der Waals surface area contributed by atoms with Crippen LogP contribution < -0.4 is 5.32 Å². The number of carbonyl (C=O) groups is 1. The SMILES string of the molecule is C[C@H](CCc1ccco1)NC(=O)c1cccc(S(C)(=O)=O)c1. The Morgan fingerprint density at radius 3 is 2.68 bits per heavy atom. The predicted molar refractivity (Wildman–Crippen MR) is 83.5 cm³/mol. The lowest BCUT2D eigenvalue weighted by Crippen LogP contribution is -2.32. The molecular formula is C16H19NO4S. The van der Waals surface area contributed by atoms with Gasteiger partial charge in [-0.05, 0) is 43.7 Å². The normalized spacial score (nSPS) is 12.8. The van der Waals surface area contributed by atoms with Gasteiger partial charge in [0.25, 0.3) is 5.91 Å². The lowest BCUT2D eigenvalue weighted by molar-refractivity contribution is 0.0938. The topological polar surface area (TPSA) is 76.4 Å². The van der Waals surface area contributed by atoms with E-state index in [0.29, 0.717) is 5.56 Å². The highest BCUT2D eigenvalue weighted by Gasteiger charge is 2.13. The molecule has 0 spiro atoms. The van der Waals surface area contributed by atoms with E-state index in [4.69, 9.17) is 4.42 Å². The molecule has 1 amide bonds. The average molecular weight is 321 g/mol. The second-order valence-electron chi connectivity index (χ2n) is 5.29. The molecular weight excluding hydrogens is 302 g/mol. The summed E-state index contributed by atoms with van der Waals surface area (Å²) in [6.07, 6.45) is 4.22. The number of furan rings is 1. The van der Waals surface area contributed by atoms with Crippen LogP contribution >= 0.6 is 0 Å². The summed E-state index contributed by atoms with van der Waals surface area (Å²) in [6, 6.07) is 9.72. The van der Waals surface area contributed by atoms with Crippen molar-refractivity contribution in [3.05, 3.63) is 54.0 Å². The van der Waals surface area contributed by atoms with Crippen molar-refractivity contribution >= 4 is 15.7 Å². The second kappa shape index (κ2) is 6.79. The largest absolute Gasteiger partial charge is 0.469 e. The minimum absolute atomic E-state index is 0.0421. The van der Waals surface area contributed by atoms with Crippen LogP contribution in [0.5, 0.6) is 0 Å². The third-order valence-electron chi connectivity index (χ3n) is 3.31. The van der Waals surface area contributed by atoms with Gasteiger partial charge in [-0.2, -0.15) is 0 Å². The van der Waals surface area contributed by atoms with Gasteiger partial charge >= 0.3 is 0 Å². The molecule has 0 fully saturated rings. The molecule has 118 valence electrons. The van der Waals surface area contributed by atoms with Crippen LogP contribution in [-0.4, -0.2) is 26.6 Å². The van der Waals surface area contributed by atoms with Crippen LogP contribution in [0.2, 0.25) is 0 Å². The third kappa shape index (κ3) is 4.46. The molecule has 22 heavy (non-hydrogen) atoms. The zero-order valence-electron chi connectivity index (χ0n) is 12.6. The van der Waals surface area contributed by atoms with Gasteiger partial charge in [-0.1, -0.05) is 6.07 Å². The summed E-state index contributed by atoms with van der Waals surface area (Å²) in [7, 11) is -3.32. The molecule has 5 nitrogen and oxygen atoms in total. The van der Waals surface area contributed by atoms with Crippen molar-refractivity contribution in [2.45, 2.75) is 30.7 Å². The molecule has 0 saturated heterocycles. The maximum atomic E-state index is 12.2. The predicted octanol–water partition coefficient (Wildman–Crippen LogP) is 2.43. The van der Waals surface area contributed by atoms with Crippen LogP contribution in [0.4, 0.5) is 0 Å². The molecule has 1 aromatic carbocycles. The lowest BCUT2D eigenvalue weighted by atomic mass is 10.1. The fourth-order valence-electron chi connectivity index (χ4n) is 2.06. The van der Waals surface area contributed by atoms with Gasteiger partial charge < -0.3 is 9.73 Å². The van der Waals surface area contributed by atoms with Crippen molar-refractivity contribution in [3.63, 3.8) is 0 Å². The first-order valence-corrected chi connectivity index (χ1v) is 8.89. The van der Waals surface area contributed by atoms with Crippen LogP contribution in [0.25, 0.3) is 0 Å². The van der Waals surface area contributed by atoms with Crippen LogP contribution in [0.3, 0.4) is 0 Å². The molecule has 1 heterocycles. The van der Waals surface area contributed by atoms with Crippen molar-refractivity contribution in [2.75, 3.05) is 6.26 Å². The van der Waals surface area contributed by atoms with Gasteiger partial charge in [-0.3, -0.25) is 4.79 Å². The number of aryl methyl sites for hydroxylation is 1. The molecule has 1 atom stereocenters. The number of amides is 1. The zero-order valence-corrected chi connectivity index (χ0v) is 13.4. The van der Waals surface area contributed by atoms with Crippen LogP contribution in [-0.2, 0) is 16.3 Å². The fraction of sp³-hybridized carbons (Fsp3) is 0.312. The van der Waals surface area contributed by atoms with Crippen LogP contribution in [0, 0.1) is 0 Å². The summed E-state index contributed by atoms with van der Waals surface area (Å²) >= 11 is 0. The monoisotopic (exact) mass is 321 g/mol. The van der Waals surface area contributed by atoms with E-state index in [-0.39, 0.29) is 16.8 Å². The quantitative estimate of drug-likeness (QED) is 0.886. The van der Waals surface area contributed by atoms with Crippen molar-refractivity contribution < 1.29 is 17.6 Å². The van der Waals surface area contributed by atoms with Crippen molar-refractivity contribution in [1.29, 1.82) is 0 Å². The number of nitrogens with one attached hydrogen (secondary N) is 1. The van der Waals surface area contributed by atoms with Gasteiger partial charge in [-0.25, -0.2) is 8.42 Å². The highest BCUT2D eigenvalue weighted by atomic mass is 32.2. The summed E-state index contributed by atoms with van der Waals surface area (Å²) in [5.41, 5.74) is 0.341. The Labute approximate surface area is 130 Å². The number of hydrogen-bond donors (Lipinski definition) is 1. The van der Waals surface area contributed by atoms with Crippen molar-refractivity contribution in [2.24, 2.45) is 0 Å². The highest BCUT2D eigenvalue weighted by molar-refractivity contribution is 7.90. The summed E-state index contributed by atoms with van der Waals surface area (Å²) < 4.78 is 28.3. The Morgan fingerprint density at radius 2 is 2.05 bits per heavy atom. The van der Waals surface area contributed by atoms with Gasteiger partial charge in [0, 0.05) is 24.3 Å². The highest BCUT2D eigenvalue weighted by Crippen LogP contribution is 2.12. The number of carbonyl (C=O) groups excluding carboxylic acids is 1. The Bertz CT molecular complexity index is 735. The third-order valence-corrected chi connectivity index (χ3v) is 4.42. The first kappa shape index (κ1) is 16.3. The minimum Gasteiger partial charge on any atom is -0.469 e. The number of hydrogen-bond acceptors (Lipinski definition) is 4. The van der Waals surface area contributed by atoms with E-state index >= 15 is 0 Å². The first-order chi connectivity index (χ1) is 10.4. The molecule has 0 bridgehead atoms. The van der Waals surface area contributed by atoms with E-state index in [2.05, 4.69) is 5.32 Å². The summed E-state index contributed by atoms with van der Waals surface area (Å²) in [6.45, 7) is 1.90. The van der Waals surface area contributed by atoms with Gasteiger partial charge in [0.1, 0.15) is 5.76 Å². The number of sulfone groups is 1. The Hall–Kier alpha value is -2.08. The van der Waals surface area contributed by atoms with E-state index in [1.165, 1.54) is 12.1 Å². The van der Waals surface area contributed by atoms with Crippen LogP contribution in [0.1, 0.15) is 29.5 Å². The molecule has 1 N–H and O–H groups in total. The maximum absolute atomic E-state index is 12.2. The fourth-order valence-corrected chi connectivity index (χ4v) is 2.73. The smallest absolute Gasteiger partial charge is 0.251 e. The standard InChI is InChI=1S/C16H19NO4S/c1-12(8-9-14-6-4-10-21-14)17-16(18)13-5-3-7-15(11-13)22(2,19)20/h3-7,10-12H,8-9H2,1-2H3,(H,17,18)/t12-/m1/s1. The molecule has 6 heteroatoms. The summed E-state index contributed by atoms with van der Waals surface area (Å²) in [5, 5.41) is 2.86. The molecule has 1 aromatic heterocycles. The Morgan fingerprint density at radius 1 is 1.27 bits per heavy atom. The lowest BCUT2D eigenvalue weighted by Gasteiger charge is -2.13.